The first kappa shape index (κ1) is 10.0. The molecule has 0 bridgehead atoms. The van der Waals surface area contributed by atoms with Crippen LogP contribution in [0.1, 0.15) is 24.0 Å². The average Bonchev–Trinajstić information content (AvgIpc) is 2.27. The lowest BCUT2D eigenvalue weighted by Gasteiger charge is -2.21. The number of nitrogens with zero attached hydrogens (tertiary/aromatic N) is 1. The lowest BCUT2D eigenvalue weighted by atomic mass is 9.91. The molecule has 0 unspecified atom stereocenters. The topological polar surface area (TPSA) is 3.24 Å². The third-order valence-electron chi connectivity index (χ3n) is 2.95. The van der Waals surface area contributed by atoms with Crippen molar-refractivity contribution < 1.29 is 0 Å². The fourth-order valence-corrected chi connectivity index (χ4v) is 2.32. The summed E-state index contributed by atoms with van der Waals surface area (Å²) in [6.07, 6.45) is 5.25. The van der Waals surface area contributed by atoms with Gasteiger partial charge < -0.3 is 4.90 Å². The highest BCUT2D eigenvalue weighted by molar-refractivity contribution is 9.09. The van der Waals surface area contributed by atoms with Crippen LogP contribution in [0.5, 0.6) is 0 Å². The van der Waals surface area contributed by atoms with E-state index in [1.807, 2.05) is 0 Å². The quantitative estimate of drug-likeness (QED) is 0.578. The molecule has 1 aliphatic rings. The van der Waals surface area contributed by atoms with Crippen LogP contribution in [-0.4, -0.2) is 12.5 Å². The van der Waals surface area contributed by atoms with Gasteiger partial charge in [0.2, 0.25) is 0 Å². The van der Waals surface area contributed by atoms with E-state index in [1.54, 1.807) is 11.1 Å². The van der Waals surface area contributed by atoms with Gasteiger partial charge in [0.05, 0.1) is 5.45 Å². The predicted molar refractivity (Wildman–Crippen MR) is 65.3 cm³/mol. The third kappa shape index (κ3) is 1.95. The zero-order chi connectivity index (χ0) is 9.97. The molecule has 0 aliphatic heterocycles. The summed E-state index contributed by atoms with van der Waals surface area (Å²) in [4.78, 5) is 2.22. The number of hydrogen-bond donors (Lipinski definition) is 0. The van der Waals surface area contributed by atoms with Crippen LogP contribution in [0.2, 0.25) is 0 Å². The fraction of sp³-hybridized carbons (Fsp3) is 0.500. The Labute approximate surface area is 94.2 Å². The maximum absolute atomic E-state index is 3.47. The van der Waals surface area contributed by atoms with Gasteiger partial charge in [-0.25, -0.2) is 0 Å². The molecule has 14 heavy (non-hydrogen) atoms. The van der Waals surface area contributed by atoms with Crippen molar-refractivity contribution in [1.82, 2.24) is 0 Å². The van der Waals surface area contributed by atoms with Crippen molar-refractivity contribution in [3.05, 3.63) is 29.3 Å². The molecule has 1 aromatic carbocycles. The molecule has 1 nitrogen and oxygen atoms in total. The summed E-state index contributed by atoms with van der Waals surface area (Å²) in [5, 5.41) is 0. The Morgan fingerprint density at radius 2 is 1.93 bits per heavy atom. The molecule has 1 aromatic rings. The van der Waals surface area contributed by atoms with Crippen LogP contribution in [0, 0.1) is 0 Å². The fourth-order valence-electron chi connectivity index (χ4n) is 2.03. The van der Waals surface area contributed by atoms with E-state index >= 15 is 0 Å². The highest BCUT2D eigenvalue weighted by atomic mass is 79.9. The van der Waals surface area contributed by atoms with Crippen LogP contribution < -0.4 is 4.90 Å². The van der Waals surface area contributed by atoms with Crippen molar-refractivity contribution in [3.8, 4) is 0 Å². The minimum absolute atomic E-state index is 0.895. The van der Waals surface area contributed by atoms with E-state index < -0.39 is 0 Å². The molecule has 0 saturated carbocycles. The standard InChI is InChI=1S/C12H16BrN/c1-14(9-13)12-7-6-10-4-2-3-5-11(10)8-12/h6-8H,2-5,9H2,1H3. The van der Waals surface area contributed by atoms with E-state index in [9.17, 15) is 0 Å². The molecular weight excluding hydrogens is 238 g/mol. The summed E-state index contributed by atoms with van der Waals surface area (Å²) < 4.78 is 0. The van der Waals surface area contributed by atoms with Crippen molar-refractivity contribution in [2.45, 2.75) is 25.7 Å². The van der Waals surface area contributed by atoms with Crippen molar-refractivity contribution in [3.63, 3.8) is 0 Å². The molecule has 0 fully saturated rings. The first-order valence-electron chi connectivity index (χ1n) is 5.20. The number of rotatable bonds is 2. The number of anilines is 1. The van der Waals surface area contributed by atoms with E-state index in [0.717, 1.165) is 5.45 Å². The summed E-state index contributed by atoms with van der Waals surface area (Å²) in [6, 6.07) is 6.87. The van der Waals surface area contributed by atoms with Crippen molar-refractivity contribution in [2.75, 3.05) is 17.4 Å². The Morgan fingerprint density at radius 1 is 1.21 bits per heavy atom. The molecule has 0 aromatic heterocycles. The van der Waals surface area contributed by atoms with Crippen LogP contribution in [-0.2, 0) is 12.8 Å². The normalized spacial score (nSPS) is 15.0. The number of fused-ring (bicyclic) bond motifs is 1. The number of halogens is 1. The molecule has 2 heteroatoms. The van der Waals surface area contributed by atoms with Crippen LogP contribution in [0.4, 0.5) is 5.69 Å². The van der Waals surface area contributed by atoms with Gasteiger partial charge in [-0.05, 0) is 48.9 Å². The van der Waals surface area contributed by atoms with E-state index in [1.165, 1.54) is 31.4 Å². The van der Waals surface area contributed by atoms with Gasteiger partial charge in [0.25, 0.3) is 0 Å². The zero-order valence-electron chi connectivity index (χ0n) is 8.59. The SMILES string of the molecule is CN(CBr)c1ccc2c(c1)CCCC2. The van der Waals surface area contributed by atoms with E-state index in [4.69, 9.17) is 0 Å². The Hall–Kier alpha value is -0.500. The molecule has 0 heterocycles. The van der Waals surface area contributed by atoms with Gasteiger partial charge in [-0.3, -0.25) is 0 Å². The van der Waals surface area contributed by atoms with Gasteiger partial charge in [0.1, 0.15) is 0 Å². The van der Waals surface area contributed by atoms with Gasteiger partial charge in [0, 0.05) is 12.7 Å². The van der Waals surface area contributed by atoms with Crippen molar-refractivity contribution in [2.24, 2.45) is 0 Å². The second kappa shape index (κ2) is 4.35. The Morgan fingerprint density at radius 3 is 2.64 bits per heavy atom. The summed E-state index contributed by atoms with van der Waals surface area (Å²) >= 11 is 3.47. The van der Waals surface area contributed by atoms with E-state index in [2.05, 4.69) is 46.1 Å². The van der Waals surface area contributed by atoms with Crippen LogP contribution >= 0.6 is 15.9 Å². The highest BCUT2D eigenvalue weighted by Gasteiger charge is 2.10. The zero-order valence-corrected chi connectivity index (χ0v) is 10.2. The number of alkyl halides is 1. The minimum Gasteiger partial charge on any atom is -0.365 e. The van der Waals surface area contributed by atoms with E-state index in [0.29, 0.717) is 0 Å². The van der Waals surface area contributed by atoms with E-state index in [-0.39, 0.29) is 0 Å². The minimum atomic E-state index is 0.895. The van der Waals surface area contributed by atoms with Gasteiger partial charge in [0.15, 0.2) is 0 Å². The molecule has 0 amide bonds. The van der Waals surface area contributed by atoms with Crippen LogP contribution in [0.15, 0.2) is 18.2 Å². The number of hydrogen-bond acceptors (Lipinski definition) is 1. The summed E-state index contributed by atoms with van der Waals surface area (Å²) in [7, 11) is 2.11. The molecule has 0 N–H and O–H groups in total. The van der Waals surface area contributed by atoms with Crippen LogP contribution in [0.25, 0.3) is 0 Å². The lowest BCUT2D eigenvalue weighted by molar-refractivity contribution is 0.685. The maximum Gasteiger partial charge on any atom is 0.0732 e. The maximum atomic E-state index is 3.47. The Kier molecular flexibility index (Phi) is 3.12. The summed E-state index contributed by atoms with van der Waals surface area (Å²) in [5.41, 5.74) is 5.33. The summed E-state index contributed by atoms with van der Waals surface area (Å²) in [5.74, 6) is 0. The first-order chi connectivity index (χ1) is 6.81. The molecular formula is C12H16BrN. The predicted octanol–water partition coefficient (Wildman–Crippen LogP) is 3.35. The van der Waals surface area contributed by atoms with Gasteiger partial charge >= 0.3 is 0 Å². The largest absolute Gasteiger partial charge is 0.365 e. The van der Waals surface area contributed by atoms with Crippen molar-refractivity contribution >= 4 is 21.6 Å². The number of benzene rings is 1. The molecule has 1 aliphatic carbocycles. The molecule has 0 atom stereocenters. The molecule has 0 radical (unpaired) electrons. The monoisotopic (exact) mass is 253 g/mol. The van der Waals surface area contributed by atoms with Crippen molar-refractivity contribution in [1.29, 1.82) is 0 Å². The second-order valence-corrected chi connectivity index (χ2v) is 4.48. The molecule has 0 spiro atoms. The summed E-state index contributed by atoms with van der Waals surface area (Å²) in [6.45, 7) is 0. The second-order valence-electron chi connectivity index (χ2n) is 3.98. The Bertz CT molecular complexity index is 322. The van der Waals surface area contributed by atoms with Gasteiger partial charge in [-0.15, -0.1) is 0 Å². The molecule has 2 rings (SSSR count). The lowest BCUT2D eigenvalue weighted by Crippen LogP contribution is -2.14. The van der Waals surface area contributed by atoms with Gasteiger partial charge in [-0.2, -0.15) is 0 Å². The van der Waals surface area contributed by atoms with Gasteiger partial charge in [-0.1, -0.05) is 22.0 Å². The number of aryl methyl sites for hydroxylation is 2. The molecule has 0 saturated heterocycles. The first-order valence-corrected chi connectivity index (χ1v) is 6.32. The van der Waals surface area contributed by atoms with Crippen LogP contribution in [0.3, 0.4) is 0 Å². The Balaban J connectivity index is 2.29. The molecule has 76 valence electrons. The smallest absolute Gasteiger partial charge is 0.0732 e. The highest BCUT2D eigenvalue weighted by Crippen LogP contribution is 2.25. The average molecular weight is 254 g/mol. The third-order valence-corrected chi connectivity index (χ3v) is 3.70.